The molecule has 1 heterocycles. The van der Waals surface area contributed by atoms with Crippen molar-refractivity contribution in [2.75, 3.05) is 19.8 Å². The Bertz CT molecular complexity index is 323. The second-order valence-electron chi connectivity index (χ2n) is 5.92. The summed E-state index contributed by atoms with van der Waals surface area (Å²) in [6, 6.07) is 0.314. The minimum absolute atomic E-state index is 0.157. The van der Waals surface area contributed by atoms with Crippen LogP contribution in [-0.2, 0) is 14.3 Å². The van der Waals surface area contributed by atoms with Crippen molar-refractivity contribution in [3.05, 3.63) is 0 Å². The van der Waals surface area contributed by atoms with E-state index in [0.717, 1.165) is 45.1 Å². The molecule has 0 saturated carbocycles. The summed E-state index contributed by atoms with van der Waals surface area (Å²) in [6.45, 7) is 8.05. The first kappa shape index (κ1) is 18.0. The molecule has 1 aliphatic heterocycles. The van der Waals surface area contributed by atoms with Crippen LogP contribution >= 0.6 is 0 Å². The predicted molar refractivity (Wildman–Crippen MR) is 83.0 cm³/mol. The van der Waals surface area contributed by atoms with Gasteiger partial charge in [0.1, 0.15) is 0 Å². The van der Waals surface area contributed by atoms with Crippen molar-refractivity contribution in [1.82, 2.24) is 10.2 Å². The van der Waals surface area contributed by atoms with E-state index < -0.39 is 5.91 Å². The zero-order valence-electron chi connectivity index (χ0n) is 13.7. The first-order valence-electron chi connectivity index (χ1n) is 8.26. The second-order valence-corrected chi connectivity index (χ2v) is 5.92. The van der Waals surface area contributed by atoms with E-state index in [1.165, 1.54) is 0 Å². The van der Waals surface area contributed by atoms with Gasteiger partial charge in [0.15, 0.2) is 0 Å². The number of amides is 2. The molecule has 0 radical (unpaired) electrons. The molecule has 0 aliphatic carbocycles. The molecule has 1 N–H and O–H groups in total. The van der Waals surface area contributed by atoms with Crippen LogP contribution in [0.4, 0.5) is 0 Å². The molecule has 1 rings (SSSR count). The van der Waals surface area contributed by atoms with E-state index >= 15 is 0 Å². The Hall–Kier alpha value is -1.10. The monoisotopic (exact) mass is 298 g/mol. The summed E-state index contributed by atoms with van der Waals surface area (Å²) >= 11 is 0. The first-order valence-corrected chi connectivity index (χ1v) is 8.26. The number of nitrogens with one attached hydrogen (secondary N) is 1. The van der Waals surface area contributed by atoms with Crippen molar-refractivity contribution in [3.8, 4) is 0 Å². The molecular weight excluding hydrogens is 268 g/mol. The van der Waals surface area contributed by atoms with Crippen LogP contribution in [0.1, 0.15) is 59.3 Å². The normalized spacial score (nSPS) is 22.1. The minimum atomic E-state index is -0.482. The highest BCUT2D eigenvalue weighted by molar-refractivity contribution is 6.35. The maximum Gasteiger partial charge on any atom is 0.312 e. The fraction of sp³-hybridized carbons (Fsp3) is 0.875. The fourth-order valence-corrected chi connectivity index (χ4v) is 2.74. The van der Waals surface area contributed by atoms with E-state index in [-0.39, 0.29) is 18.0 Å². The quantitative estimate of drug-likeness (QED) is 0.578. The summed E-state index contributed by atoms with van der Waals surface area (Å²) in [4.78, 5) is 25.9. The van der Waals surface area contributed by atoms with Crippen LogP contribution in [-0.4, -0.2) is 48.6 Å². The molecule has 1 fully saturated rings. The van der Waals surface area contributed by atoms with Gasteiger partial charge in [-0.25, -0.2) is 0 Å². The van der Waals surface area contributed by atoms with Gasteiger partial charge >= 0.3 is 11.8 Å². The number of hydrogen-bond donors (Lipinski definition) is 1. The number of nitrogens with zero attached hydrogens (tertiary/aromatic N) is 1. The molecule has 2 amide bonds. The SMILES string of the molecule is CCCCOCCCNC(=O)C(=O)N1C(C)CCCC1C. The highest BCUT2D eigenvalue weighted by Crippen LogP contribution is 2.22. The van der Waals surface area contributed by atoms with Gasteiger partial charge in [-0.15, -0.1) is 0 Å². The molecule has 0 bridgehead atoms. The average Bonchev–Trinajstić information content (AvgIpc) is 2.45. The summed E-state index contributed by atoms with van der Waals surface area (Å²) in [5.41, 5.74) is 0. The maximum atomic E-state index is 12.2. The Morgan fingerprint density at radius 1 is 1.14 bits per heavy atom. The molecule has 2 atom stereocenters. The highest BCUT2D eigenvalue weighted by atomic mass is 16.5. The summed E-state index contributed by atoms with van der Waals surface area (Å²) in [5, 5.41) is 2.70. The Kier molecular flexibility index (Phi) is 8.35. The smallest absolute Gasteiger partial charge is 0.312 e. The number of ether oxygens (including phenoxy) is 1. The van der Waals surface area contributed by atoms with E-state index in [0.29, 0.717) is 13.2 Å². The number of piperidine rings is 1. The third-order valence-corrected chi connectivity index (χ3v) is 4.02. The largest absolute Gasteiger partial charge is 0.381 e. The molecule has 1 aliphatic rings. The van der Waals surface area contributed by atoms with Gasteiger partial charge in [-0.05, 0) is 46.0 Å². The molecule has 5 heteroatoms. The lowest BCUT2D eigenvalue weighted by Crippen LogP contribution is -2.53. The predicted octanol–water partition coefficient (Wildman–Crippen LogP) is 2.10. The van der Waals surface area contributed by atoms with Crippen molar-refractivity contribution in [2.24, 2.45) is 0 Å². The zero-order chi connectivity index (χ0) is 15.7. The van der Waals surface area contributed by atoms with Crippen LogP contribution in [0, 0.1) is 0 Å². The number of likely N-dealkylation sites (tertiary alicyclic amines) is 1. The van der Waals surface area contributed by atoms with Gasteiger partial charge in [-0.3, -0.25) is 9.59 Å². The van der Waals surface area contributed by atoms with Crippen LogP contribution in [0.25, 0.3) is 0 Å². The Labute approximate surface area is 128 Å². The van der Waals surface area contributed by atoms with E-state index in [1.807, 2.05) is 13.8 Å². The summed E-state index contributed by atoms with van der Waals surface area (Å²) in [7, 11) is 0. The van der Waals surface area contributed by atoms with Crippen LogP contribution in [0.3, 0.4) is 0 Å². The lowest BCUT2D eigenvalue weighted by atomic mass is 9.97. The summed E-state index contributed by atoms with van der Waals surface area (Å²) in [5.74, 6) is -0.870. The topological polar surface area (TPSA) is 58.6 Å². The summed E-state index contributed by atoms with van der Waals surface area (Å²) in [6.07, 6.45) is 6.02. The molecule has 0 aromatic rings. The van der Waals surface area contributed by atoms with Crippen molar-refractivity contribution in [3.63, 3.8) is 0 Å². The zero-order valence-corrected chi connectivity index (χ0v) is 13.7. The van der Waals surface area contributed by atoms with Gasteiger partial charge in [0, 0.05) is 31.8 Å². The van der Waals surface area contributed by atoms with Crippen LogP contribution < -0.4 is 5.32 Å². The van der Waals surface area contributed by atoms with E-state index in [4.69, 9.17) is 4.74 Å². The van der Waals surface area contributed by atoms with Crippen molar-refractivity contribution in [2.45, 2.75) is 71.4 Å². The Morgan fingerprint density at radius 3 is 2.38 bits per heavy atom. The second kappa shape index (κ2) is 9.77. The average molecular weight is 298 g/mol. The molecule has 21 heavy (non-hydrogen) atoms. The summed E-state index contributed by atoms with van der Waals surface area (Å²) < 4.78 is 5.42. The minimum Gasteiger partial charge on any atom is -0.381 e. The molecule has 122 valence electrons. The van der Waals surface area contributed by atoms with Crippen LogP contribution in [0.15, 0.2) is 0 Å². The molecular formula is C16H30N2O3. The number of unbranched alkanes of at least 4 members (excludes halogenated alkanes) is 1. The van der Waals surface area contributed by atoms with Gasteiger partial charge in [-0.1, -0.05) is 13.3 Å². The molecule has 0 aromatic heterocycles. The van der Waals surface area contributed by atoms with Gasteiger partial charge in [-0.2, -0.15) is 0 Å². The first-order chi connectivity index (χ1) is 10.1. The third kappa shape index (κ3) is 6.04. The van der Waals surface area contributed by atoms with Crippen molar-refractivity contribution in [1.29, 1.82) is 0 Å². The van der Waals surface area contributed by atoms with Crippen molar-refractivity contribution >= 4 is 11.8 Å². The van der Waals surface area contributed by atoms with Crippen molar-refractivity contribution < 1.29 is 14.3 Å². The lowest BCUT2D eigenvalue weighted by Gasteiger charge is -2.38. The number of hydrogen-bond acceptors (Lipinski definition) is 3. The number of carbonyl (C=O) groups is 2. The standard InChI is InChI=1S/C16H30N2O3/c1-4-5-11-21-12-7-10-17-15(19)16(20)18-13(2)8-6-9-14(18)3/h13-14H,4-12H2,1-3H3,(H,17,19). The number of carbonyl (C=O) groups excluding carboxylic acids is 2. The molecule has 0 spiro atoms. The Morgan fingerprint density at radius 2 is 1.76 bits per heavy atom. The fourth-order valence-electron chi connectivity index (χ4n) is 2.74. The van der Waals surface area contributed by atoms with Gasteiger partial charge in [0.05, 0.1) is 0 Å². The molecule has 0 aromatic carbocycles. The number of rotatable bonds is 7. The molecule has 2 unspecified atom stereocenters. The van der Waals surface area contributed by atoms with Crippen LogP contribution in [0.5, 0.6) is 0 Å². The lowest BCUT2D eigenvalue weighted by molar-refractivity contribution is -0.150. The van der Waals surface area contributed by atoms with Gasteiger partial charge in [0.25, 0.3) is 0 Å². The molecule has 1 saturated heterocycles. The van der Waals surface area contributed by atoms with E-state index in [9.17, 15) is 9.59 Å². The van der Waals surface area contributed by atoms with Gasteiger partial charge < -0.3 is 15.0 Å². The maximum absolute atomic E-state index is 12.2. The van der Waals surface area contributed by atoms with Gasteiger partial charge in [0.2, 0.25) is 0 Å². The molecule has 5 nitrogen and oxygen atoms in total. The van der Waals surface area contributed by atoms with E-state index in [1.54, 1.807) is 4.90 Å². The van der Waals surface area contributed by atoms with Crippen LogP contribution in [0.2, 0.25) is 0 Å². The highest BCUT2D eigenvalue weighted by Gasteiger charge is 2.32. The van der Waals surface area contributed by atoms with E-state index in [2.05, 4.69) is 12.2 Å². The Balaban J connectivity index is 2.23. The third-order valence-electron chi connectivity index (χ3n) is 4.02.